The highest BCUT2D eigenvalue weighted by molar-refractivity contribution is 7.90. The van der Waals surface area contributed by atoms with Gasteiger partial charge in [-0.05, 0) is 93.1 Å². The number of piperazine rings is 2. The van der Waals surface area contributed by atoms with Crippen LogP contribution in [0.25, 0.3) is 34.7 Å². The quantitative estimate of drug-likeness (QED) is 0.145. The number of benzene rings is 2. The summed E-state index contributed by atoms with van der Waals surface area (Å²) in [6.07, 6.45) is 5.85. The summed E-state index contributed by atoms with van der Waals surface area (Å²) in [5.74, 6) is 2.59. The van der Waals surface area contributed by atoms with Gasteiger partial charge in [-0.3, -0.25) is 0 Å². The molecular weight excluding hydrogens is 865 g/mol. The van der Waals surface area contributed by atoms with Crippen LogP contribution in [0.15, 0.2) is 99.3 Å². The van der Waals surface area contributed by atoms with E-state index >= 15 is 0 Å². The molecule has 22 nitrogen and oxygen atoms in total. The Morgan fingerprint density at radius 2 is 1.08 bits per heavy atom. The van der Waals surface area contributed by atoms with Crippen molar-refractivity contribution in [2.75, 3.05) is 112 Å². The first kappa shape index (κ1) is 45.4. The minimum Gasteiger partial charge on any atom is -0.461 e. The number of nitrogens with one attached hydrogen (secondary N) is 1. The molecule has 0 atom stereocenters. The number of hydrogen-bond acceptors (Lipinski definition) is 20. The summed E-state index contributed by atoms with van der Waals surface area (Å²) in [5, 5.41) is 11.2. The molecule has 8 heterocycles. The van der Waals surface area contributed by atoms with E-state index in [4.69, 9.17) is 26.0 Å². The van der Waals surface area contributed by atoms with Gasteiger partial charge in [0.1, 0.15) is 0 Å². The smallest absolute Gasteiger partial charge is 0.259 e. The van der Waals surface area contributed by atoms with E-state index in [1.165, 1.54) is 33.3 Å². The van der Waals surface area contributed by atoms with Gasteiger partial charge in [0.2, 0.25) is 39.3 Å². The number of furan rings is 2. The predicted molar refractivity (Wildman–Crippen MR) is 252 cm³/mol. The Labute approximate surface area is 381 Å². The highest BCUT2D eigenvalue weighted by atomic mass is 32.2. The van der Waals surface area contributed by atoms with Crippen molar-refractivity contribution in [1.29, 1.82) is 0 Å². The van der Waals surface area contributed by atoms with Gasteiger partial charge >= 0.3 is 0 Å². The Morgan fingerprint density at radius 1 is 0.606 bits per heavy atom. The number of nitrogen functional groups attached to an aromatic ring is 2. The summed E-state index contributed by atoms with van der Waals surface area (Å²) < 4.78 is 35.8. The van der Waals surface area contributed by atoms with Crippen molar-refractivity contribution in [3.05, 3.63) is 96.4 Å². The maximum atomic E-state index is 11.4. The van der Waals surface area contributed by atoms with Crippen LogP contribution < -0.4 is 32.3 Å². The fourth-order valence-corrected chi connectivity index (χ4v) is 7.72. The van der Waals surface area contributed by atoms with Crippen LogP contribution in [0.3, 0.4) is 0 Å². The molecule has 2 fully saturated rings. The molecule has 0 amide bonds. The summed E-state index contributed by atoms with van der Waals surface area (Å²) >= 11 is 0. The minimum absolute atomic E-state index is 0.0410. The van der Waals surface area contributed by atoms with E-state index in [9.17, 15) is 8.42 Å². The average molecular weight is 919 g/mol. The van der Waals surface area contributed by atoms with Crippen molar-refractivity contribution >= 4 is 50.6 Å². The number of likely N-dealkylation sites (N-methyl/N-ethyl adjacent to an activating group) is 2. The van der Waals surface area contributed by atoms with E-state index in [0.29, 0.717) is 35.6 Å². The summed E-state index contributed by atoms with van der Waals surface area (Å²) in [6, 6.07) is 24.5. The van der Waals surface area contributed by atoms with Crippen LogP contribution in [-0.2, 0) is 22.7 Å². The molecule has 0 radical (unpaired) electrons. The summed E-state index contributed by atoms with van der Waals surface area (Å²) in [4.78, 5) is 34.2. The molecule has 0 unspecified atom stereocenters. The van der Waals surface area contributed by atoms with Crippen LogP contribution in [-0.4, -0.2) is 153 Å². The Hall–Kier alpha value is -7.21. The molecule has 346 valence electrons. The Kier molecular flexibility index (Phi) is 14.0. The maximum Gasteiger partial charge on any atom is 0.259 e. The van der Waals surface area contributed by atoms with Gasteiger partial charge in [0.15, 0.2) is 11.5 Å². The van der Waals surface area contributed by atoms with Gasteiger partial charge in [0, 0.05) is 76.5 Å². The molecule has 23 heteroatoms. The first-order valence-electron chi connectivity index (χ1n) is 21.5. The standard InChI is InChI=1S/C21H25N9O.C13H21N3.C9H8N6O3S/c1-28-10-12-29(13-11-28)16-6-4-15(5-7-16)8-9-23-20-25-19(22)30-21(26-20)24-18(27-30)17-3-2-14-31-17;1-15-8-10-16(11-9-15)13-4-2-12(3-5-13)6-7-14;1-19(16,17)9-12-7(10)15-8(13-9)11-6(14-15)5-3-2-4-18-5/h2-7,14H,8-13H2,1H3,(H3,22,23,24,25,26,27);2-5H,6-11,14H2,1H3;2-4H,1H3,(H2,10,11,12,13,14). The van der Waals surface area contributed by atoms with Gasteiger partial charge < -0.3 is 51.0 Å². The van der Waals surface area contributed by atoms with Gasteiger partial charge in [0.05, 0.1) is 12.5 Å². The van der Waals surface area contributed by atoms with Crippen LogP contribution in [0, 0.1) is 0 Å². The van der Waals surface area contributed by atoms with E-state index in [2.05, 4.69) is 128 Å². The molecule has 6 aromatic heterocycles. The third-order valence-electron chi connectivity index (χ3n) is 11.0. The molecule has 2 aromatic carbocycles. The molecule has 2 aliphatic rings. The maximum absolute atomic E-state index is 11.4. The van der Waals surface area contributed by atoms with E-state index in [0.717, 1.165) is 82.5 Å². The molecule has 0 bridgehead atoms. The third-order valence-corrected chi connectivity index (χ3v) is 11.8. The van der Waals surface area contributed by atoms with E-state index in [1.807, 2.05) is 0 Å². The Morgan fingerprint density at radius 3 is 1.53 bits per heavy atom. The van der Waals surface area contributed by atoms with Crippen molar-refractivity contribution in [2.45, 2.75) is 18.0 Å². The molecule has 7 N–H and O–H groups in total. The van der Waals surface area contributed by atoms with E-state index in [-0.39, 0.29) is 23.5 Å². The van der Waals surface area contributed by atoms with Crippen molar-refractivity contribution < 1.29 is 17.3 Å². The molecule has 2 aliphatic heterocycles. The van der Waals surface area contributed by atoms with Gasteiger partial charge in [-0.25, -0.2) is 8.42 Å². The number of nitrogens with two attached hydrogens (primary N) is 3. The molecule has 0 spiro atoms. The normalized spacial score (nSPS) is 14.8. The zero-order valence-corrected chi connectivity index (χ0v) is 37.9. The molecule has 10 rings (SSSR count). The molecule has 66 heavy (non-hydrogen) atoms. The van der Waals surface area contributed by atoms with Crippen LogP contribution in [0.2, 0.25) is 0 Å². The third kappa shape index (κ3) is 11.2. The number of fused-ring (bicyclic) bond motifs is 2. The Balaban J connectivity index is 0.000000145. The van der Waals surface area contributed by atoms with Gasteiger partial charge in [0.25, 0.3) is 16.7 Å². The van der Waals surface area contributed by atoms with Crippen LogP contribution >= 0.6 is 0 Å². The zero-order valence-electron chi connectivity index (χ0n) is 37.1. The lowest BCUT2D eigenvalue weighted by atomic mass is 10.1. The van der Waals surface area contributed by atoms with E-state index in [1.54, 1.807) is 30.5 Å². The number of hydrogen-bond donors (Lipinski definition) is 4. The predicted octanol–water partition coefficient (Wildman–Crippen LogP) is 2.47. The average Bonchev–Trinajstić information content (AvgIpc) is 4.16. The second-order valence-electron chi connectivity index (χ2n) is 15.9. The van der Waals surface area contributed by atoms with Gasteiger partial charge in [-0.2, -0.15) is 38.9 Å². The second kappa shape index (κ2) is 20.3. The molecule has 0 aliphatic carbocycles. The number of rotatable bonds is 11. The lowest BCUT2D eigenvalue weighted by Crippen LogP contribution is -2.44. The monoisotopic (exact) mass is 918 g/mol. The highest BCUT2D eigenvalue weighted by Crippen LogP contribution is 2.21. The number of sulfone groups is 1. The van der Waals surface area contributed by atoms with Crippen molar-refractivity contribution in [3.63, 3.8) is 0 Å². The second-order valence-corrected chi connectivity index (χ2v) is 17.8. The van der Waals surface area contributed by atoms with Crippen LogP contribution in [0.4, 0.5) is 29.2 Å². The fraction of sp³-hybridized carbons (Fsp3) is 0.349. The highest BCUT2D eigenvalue weighted by Gasteiger charge is 2.19. The van der Waals surface area contributed by atoms with Crippen molar-refractivity contribution in [3.8, 4) is 23.2 Å². The van der Waals surface area contributed by atoms with Crippen molar-refractivity contribution in [1.82, 2.24) is 58.9 Å². The van der Waals surface area contributed by atoms with Crippen LogP contribution in [0.5, 0.6) is 0 Å². The largest absolute Gasteiger partial charge is 0.461 e. The van der Waals surface area contributed by atoms with Crippen LogP contribution in [0.1, 0.15) is 11.1 Å². The lowest BCUT2D eigenvalue weighted by Gasteiger charge is -2.34. The van der Waals surface area contributed by atoms with Gasteiger partial charge in [-0.15, -0.1) is 10.2 Å². The SMILES string of the molecule is CN1CCN(c2ccc(CCN)cc2)CC1.CN1CCN(c2ccc(CCNc3nc(N)n4nc(-c5ccco5)nc4n3)cc2)CC1.CS(=O)(=O)c1nc(N)n2nc(-c3ccco3)nc2n1. The fourth-order valence-electron chi connectivity index (χ4n) is 7.22. The minimum atomic E-state index is -3.57. The lowest BCUT2D eigenvalue weighted by molar-refractivity contribution is 0.313. The van der Waals surface area contributed by atoms with Gasteiger partial charge in [-0.1, -0.05) is 24.3 Å². The number of nitrogens with zero attached hydrogens (tertiary/aromatic N) is 14. The zero-order chi connectivity index (χ0) is 46.2. The number of anilines is 5. The molecular formula is C43H54N18O4S. The molecule has 2 saturated heterocycles. The molecule has 8 aromatic rings. The van der Waals surface area contributed by atoms with Crippen molar-refractivity contribution in [2.24, 2.45) is 5.73 Å². The van der Waals surface area contributed by atoms with E-state index < -0.39 is 15.0 Å². The topological polar surface area (TPSA) is 275 Å². The number of aromatic nitrogens is 10. The first-order chi connectivity index (χ1) is 31.9. The summed E-state index contributed by atoms with van der Waals surface area (Å²) in [5.41, 5.74) is 22.4. The summed E-state index contributed by atoms with van der Waals surface area (Å²) in [7, 11) is 0.784. The Bertz CT molecular complexity index is 2910. The molecule has 0 saturated carbocycles. The first-order valence-corrected chi connectivity index (χ1v) is 23.4. The summed E-state index contributed by atoms with van der Waals surface area (Å²) in [6.45, 7) is 10.3.